The number of fused-ring (bicyclic) bond motifs is 1. The lowest BCUT2D eigenvalue weighted by atomic mass is 9.95. The van der Waals surface area contributed by atoms with E-state index in [9.17, 15) is 9.59 Å². The summed E-state index contributed by atoms with van der Waals surface area (Å²) in [5, 5.41) is 12.8. The molecule has 2 N–H and O–H groups in total. The monoisotopic (exact) mass is 319 g/mol. The van der Waals surface area contributed by atoms with E-state index in [0.29, 0.717) is 17.2 Å². The van der Waals surface area contributed by atoms with Crippen LogP contribution in [0.4, 0.5) is 5.69 Å². The first-order valence-corrected chi connectivity index (χ1v) is 8.04. The van der Waals surface area contributed by atoms with Gasteiger partial charge in [0.15, 0.2) is 0 Å². The van der Waals surface area contributed by atoms with E-state index in [4.69, 9.17) is 9.84 Å². The van der Waals surface area contributed by atoms with Gasteiger partial charge in [-0.15, -0.1) is 11.3 Å². The van der Waals surface area contributed by atoms with Crippen LogP contribution in [0.5, 0.6) is 0 Å². The van der Waals surface area contributed by atoms with Crippen molar-refractivity contribution < 1.29 is 19.4 Å². The van der Waals surface area contributed by atoms with Crippen molar-refractivity contribution in [3.05, 3.63) is 29.1 Å². The van der Waals surface area contributed by atoms with Crippen molar-refractivity contribution in [3.8, 4) is 0 Å². The quantitative estimate of drug-likeness (QED) is 0.909. The number of carbonyl (C=O) groups excluding carboxylic acids is 1. The van der Waals surface area contributed by atoms with Crippen LogP contribution in [0.1, 0.15) is 29.4 Å². The number of aromatic carboxylic acids is 1. The molecule has 1 fully saturated rings. The second-order valence-corrected chi connectivity index (χ2v) is 6.64. The predicted molar refractivity (Wildman–Crippen MR) is 85.6 cm³/mol. The van der Waals surface area contributed by atoms with E-state index < -0.39 is 5.97 Å². The maximum absolute atomic E-state index is 12.3. The van der Waals surface area contributed by atoms with Gasteiger partial charge >= 0.3 is 5.97 Å². The Morgan fingerprint density at radius 1 is 1.36 bits per heavy atom. The smallest absolute Gasteiger partial charge is 0.345 e. The van der Waals surface area contributed by atoms with Crippen molar-refractivity contribution in [2.45, 2.75) is 25.9 Å². The molecule has 0 saturated carbocycles. The zero-order valence-corrected chi connectivity index (χ0v) is 13.0. The lowest BCUT2D eigenvalue weighted by Gasteiger charge is -2.26. The predicted octanol–water partition coefficient (Wildman–Crippen LogP) is 3.35. The summed E-state index contributed by atoms with van der Waals surface area (Å²) in [6.45, 7) is 2.59. The normalized spacial score (nSPS) is 21.7. The highest BCUT2D eigenvalue weighted by Crippen LogP contribution is 2.29. The first-order chi connectivity index (χ1) is 10.5. The number of hydrogen-bond donors (Lipinski definition) is 2. The summed E-state index contributed by atoms with van der Waals surface area (Å²) < 4.78 is 6.36. The lowest BCUT2D eigenvalue weighted by molar-refractivity contribution is -0.124. The molecule has 0 radical (unpaired) electrons. The summed E-state index contributed by atoms with van der Waals surface area (Å²) in [5.74, 6) is -0.956. The average molecular weight is 319 g/mol. The number of hydrogen-bond acceptors (Lipinski definition) is 4. The minimum Gasteiger partial charge on any atom is -0.477 e. The third kappa shape index (κ3) is 3.13. The average Bonchev–Trinajstić information content (AvgIpc) is 2.90. The lowest BCUT2D eigenvalue weighted by Crippen LogP contribution is -2.32. The number of carboxylic acids is 1. The Balaban J connectivity index is 1.75. The number of benzene rings is 1. The number of anilines is 1. The number of rotatable bonds is 3. The Labute approximate surface area is 131 Å². The Morgan fingerprint density at radius 3 is 2.91 bits per heavy atom. The van der Waals surface area contributed by atoms with Gasteiger partial charge in [0.1, 0.15) is 4.88 Å². The highest BCUT2D eigenvalue weighted by molar-refractivity contribution is 7.20. The molecule has 1 amide bonds. The van der Waals surface area contributed by atoms with Crippen LogP contribution in [0.2, 0.25) is 0 Å². The summed E-state index contributed by atoms with van der Waals surface area (Å²) in [7, 11) is 0. The maximum atomic E-state index is 12.3. The molecule has 2 aromatic rings. The fourth-order valence-electron chi connectivity index (χ4n) is 2.71. The van der Waals surface area contributed by atoms with Gasteiger partial charge in [0, 0.05) is 22.9 Å². The van der Waals surface area contributed by atoms with E-state index >= 15 is 0 Å². The molecule has 1 saturated heterocycles. The van der Waals surface area contributed by atoms with Crippen molar-refractivity contribution in [1.82, 2.24) is 0 Å². The van der Waals surface area contributed by atoms with E-state index in [1.165, 1.54) is 11.3 Å². The number of nitrogens with one attached hydrogen (secondary N) is 1. The van der Waals surface area contributed by atoms with Crippen LogP contribution in [0.15, 0.2) is 24.3 Å². The number of carboxylic acid groups (broad SMARTS) is 1. The fourth-order valence-corrected chi connectivity index (χ4v) is 3.59. The largest absolute Gasteiger partial charge is 0.477 e. The van der Waals surface area contributed by atoms with E-state index in [-0.39, 0.29) is 17.9 Å². The molecule has 1 aliphatic rings. The first kappa shape index (κ1) is 15.0. The van der Waals surface area contributed by atoms with Crippen LogP contribution in [0.25, 0.3) is 10.1 Å². The molecule has 0 bridgehead atoms. The van der Waals surface area contributed by atoms with E-state index in [0.717, 1.165) is 22.9 Å². The molecule has 2 heterocycles. The molecule has 5 nitrogen and oxygen atoms in total. The summed E-state index contributed by atoms with van der Waals surface area (Å²) in [6, 6.07) is 7.10. The van der Waals surface area contributed by atoms with Crippen LogP contribution in [-0.4, -0.2) is 29.7 Å². The Morgan fingerprint density at radius 2 is 2.18 bits per heavy atom. The van der Waals surface area contributed by atoms with Crippen LogP contribution >= 0.6 is 11.3 Å². The summed E-state index contributed by atoms with van der Waals surface area (Å²) in [6.07, 6.45) is 1.58. The molecule has 1 aromatic heterocycles. The van der Waals surface area contributed by atoms with Gasteiger partial charge in [-0.3, -0.25) is 4.79 Å². The van der Waals surface area contributed by atoms with E-state index in [2.05, 4.69) is 5.32 Å². The third-order valence-electron chi connectivity index (χ3n) is 3.85. The van der Waals surface area contributed by atoms with Gasteiger partial charge in [0.2, 0.25) is 5.91 Å². The second-order valence-electron chi connectivity index (χ2n) is 5.56. The van der Waals surface area contributed by atoms with Crippen molar-refractivity contribution in [2.75, 3.05) is 11.9 Å². The van der Waals surface area contributed by atoms with E-state index in [1.54, 1.807) is 6.07 Å². The zero-order chi connectivity index (χ0) is 15.7. The number of carbonyl (C=O) groups is 2. The standard InChI is InChI=1S/C16H17NO4S/c1-9-6-10(4-5-21-9)15(18)17-12-2-3-13-11(7-12)8-14(22-13)16(19)20/h2-3,7-10H,4-6H2,1H3,(H,17,18)(H,19,20)/t9-,10+/m1/s1. The van der Waals surface area contributed by atoms with Gasteiger partial charge in [0.05, 0.1) is 6.10 Å². The van der Waals surface area contributed by atoms with Crippen molar-refractivity contribution >= 4 is 39.0 Å². The minimum absolute atomic E-state index is 0.00295. The van der Waals surface area contributed by atoms with Gasteiger partial charge in [-0.1, -0.05) is 0 Å². The molecule has 1 aromatic carbocycles. The molecule has 22 heavy (non-hydrogen) atoms. The number of thiophene rings is 1. The van der Waals surface area contributed by atoms with Crippen molar-refractivity contribution in [2.24, 2.45) is 5.92 Å². The second kappa shape index (κ2) is 6.06. The summed E-state index contributed by atoms with van der Waals surface area (Å²) in [4.78, 5) is 23.6. The SMILES string of the molecule is C[C@@H]1C[C@@H](C(=O)Nc2ccc3sc(C(=O)O)cc3c2)CCO1. The number of ether oxygens (including phenoxy) is 1. The highest BCUT2D eigenvalue weighted by atomic mass is 32.1. The molecule has 6 heteroatoms. The fraction of sp³-hybridized carbons (Fsp3) is 0.375. The maximum Gasteiger partial charge on any atom is 0.345 e. The van der Waals surface area contributed by atoms with Gasteiger partial charge in [-0.2, -0.15) is 0 Å². The zero-order valence-electron chi connectivity index (χ0n) is 12.2. The molecule has 1 aliphatic heterocycles. The molecule has 116 valence electrons. The summed E-state index contributed by atoms with van der Waals surface area (Å²) >= 11 is 1.23. The van der Waals surface area contributed by atoms with Crippen LogP contribution in [-0.2, 0) is 9.53 Å². The molecular formula is C16H17NO4S. The van der Waals surface area contributed by atoms with Gasteiger partial charge in [-0.05, 0) is 49.4 Å². The highest BCUT2D eigenvalue weighted by Gasteiger charge is 2.25. The molecule has 3 rings (SSSR count). The van der Waals surface area contributed by atoms with Crippen LogP contribution < -0.4 is 5.32 Å². The molecule has 0 spiro atoms. The van der Waals surface area contributed by atoms with Gasteiger partial charge in [-0.25, -0.2) is 4.79 Å². The first-order valence-electron chi connectivity index (χ1n) is 7.22. The third-order valence-corrected chi connectivity index (χ3v) is 4.95. The van der Waals surface area contributed by atoms with Crippen LogP contribution in [0, 0.1) is 5.92 Å². The van der Waals surface area contributed by atoms with Gasteiger partial charge in [0.25, 0.3) is 0 Å². The molecule has 0 unspecified atom stereocenters. The summed E-state index contributed by atoms with van der Waals surface area (Å²) in [5.41, 5.74) is 0.700. The number of amides is 1. The topological polar surface area (TPSA) is 75.6 Å². The van der Waals surface area contributed by atoms with Crippen molar-refractivity contribution in [1.29, 1.82) is 0 Å². The Kier molecular flexibility index (Phi) is 4.13. The van der Waals surface area contributed by atoms with Gasteiger partial charge < -0.3 is 15.2 Å². The van der Waals surface area contributed by atoms with Crippen molar-refractivity contribution in [3.63, 3.8) is 0 Å². The van der Waals surface area contributed by atoms with Crippen LogP contribution in [0.3, 0.4) is 0 Å². The Bertz CT molecular complexity index is 724. The molecule has 0 aliphatic carbocycles. The molecule has 2 atom stereocenters. The Hall–Kier alpha value is -1.92. The van der Waals surface area contributed by atoms with E-state index in [1.807, 2.05) is 25.1 Å². The molecular weight excluding hydrogens is 302 g/mol. The minimum atomic E-state index is -0.928.